The highest BCUT2D eigenvalue weighted by molar-refractivity contribution is 5.53. The van der Waals surface area contributed by atoms with E-state index in [1.54, 1.807) is 12.1 Å². The van der Waals surface area contributed by atoms with Crippen molar-refractivity contribution in [2.75, 3.05) is 5.73 Å². The number of hydrogen-bond acceptors (Lipinski definition) is 2. The summed E-state index contributed by atoms with van der Waals surface area (Å²) in [4.78, 5) is 0. The van der Waals surface area contributed by atoms with Gasteiger partial charge in [0.2, 0.25) is 0 Å². The Morgan fingerprint density at radius 3 is 2.29 bits per heavy atom. The second-order valence-electron chi connectivity index (χ2n) is 4.04. The highest BCUT2D eigenvalue weighted by atomic mass is 19.1. The van der Waals surface area contributed by atoms with E-state index < -0.39 is 0 Å². The van der Waals surface area contributed by atoms with Crippen LogP contribution < -0.4 is 10.5 Å². The van der Waals surface area contributed by atoms with Crippen molar-refractivity contribution in [2.45, 2.75) is 13.8 Å². The SMILES string of the molecule is Cc1cc(N)cc(C)c1Oc1cccc(F)c1. The molecular weight excluding hydrogens is 217 g/mol. The molecule has 0 fully saturated rings. The number of hydrogen-bond donors (Lipinski definition) is 1. The van der Waals surface area contributed by atoms with Crippen LogP contribution in [0.1, 0.15) is 11.1 Å². The largest absolute Gasteiger partial charge is 0.457 e. The number of anilines is 1. The Labute approximate surface area is 99.8 Å². The molecule has 0 amide bonds. The van der Waals surface area contributed by atoms with Gasteiger partial charge in [-0.3, -0.25) is 0 Å². The van der Waals surface area contributed by atoms with E-state index in [4.69, 9.17) is 10.5 Å². The van der Waals surface area contributed by atoms with Gasteiger partial charge >= 0.3 is 0 Å². The lowest BCUT2D eigenvalue weighted by molar-refractivity contribution is 0.470. The van der Waals surface area contributed by atoms with Gasteiger partial charge in [0, 0.05) is 11.8 Å². The van der Waals surface area contributed by atoms with Crippen molar-refractivity contribution in [3.05, 3.63) is 53.3 Å². The fourth-order valence-corrected chi connectivity index (χ4v) is 1.79. The Hall–Kier alpha value is -2.03. The molecule has 0 aliphatic rings. The summed E-state index contributed by atoms with van der Waals surface area (Å²) in [5, 5.41) is 0. The van der Waals surface area contributed by atoms with Gasteiger partial charge in [0.05, 0.1) is 0 Å². The van der Waals surface area contributed by atoms with Crippen molar-refractivity contribution in [1.29, 1.82) is 0 Å². The molecular formula is C14H14FNO. The number of ether oxygens (including phenoxy) is 1. The zero-order valence-electron chi connectivity index (χ0n) is 9.83. The maximum absolute atomic E-state index is 13.0. The van der Waals surface area contributed by atoms with Crippen LogP contribution in [0.4, 0.5) is 10.1 Å². The molecule has 0 aliphatic heterocycles. The third kappa shape index (κ3) is 2.56. The standard InChI is InChI=1S/C14H14FNO/c1-9-6-12(16)7-10(2)14(9)17-13-5-3-4-11(15)8-13/h3-8H,16H2,1-2H3. The van der Waals surface area contributed by atoms with Gasteiger partial charge in [-0.2, -0.15) is 0 Å². The smallest absolute Gasteiger partial charge is 0.133 e. The van der Waals surface area contributed by atoms with Gasteiger partial charge < -0.3 is 10.5 Å². The first-order valence-corrected chi connectivity index (χ1v) is 5.36. The molecule has 2 N–H and O–H groups in total. The van der Waals surface area contributed by atoms with Crippen LogP contribution in [0, 0.1) is 19.7 Å². The molecule has 2 nitrogen and oxygen atoms in total. The van der Waals surface area contributed by atoms with Crippen LogP contribution in [0.15, 0.2) is 36.4 Å². The topological polar surface area (TPSA) is 35.2 Å². The van der Waals surface area contributed by atoms with Gasteiger partial charge in [0.1, 0.15) is 17.3 Å². The fraction of sp³-hybridized carbons (Fsp3) is 0.143. The summed E-state index contributed by atoms with van der Waals surface area (Å²) in [7, 11) is 0. The molecule has 0 aliphatic carbocycles. The summed E-state index contributed by atoms with van der Waals surface area (Å²) >= 11 is 0. The Balaban J connectivity index is 2.36. The molecule has 0 spiro atoms. The quantitative estimate of drug-likeness (QED) is 0.797. The normalized spacial score (nSPS) is 10.3. The lowest BCUT2D eigenvalue weighted by atomic mass is 10.1. The molecule has 3 heteroatoms. The van der Waals surface area contributed by atoms with Gasteiger partial charge in [-0.15, -0.1) is 0 Å². The average molecular weight is 231 g/mol. The van der Waals surface area contributed by atoms with Gasteiger partial charge in [-0.25, -0.2) is 4.39 Å². The fourth-order valence-electron chi connectivity index (χ4n) is 1.79. The molecule has 0 bridgehead atoms. The van der Waals surface area contributed by atoms with E-state index in [1.807, 2.05) is 26.0 Å². The minimum Gasteiger partial charge on any atom is -0.457 e. The van der Waals surface area contributed by atoms with E-state index in [0.717, 1.165) is 16.9 Å². The number of benzene rings is 2. The van der Waals surface area contributed by atoms with E-state index in [1.165, 1.54) is 12.1 Å². The van der Waals surface area contributed by atoms with E-state index in [-0.39, 0.29) is 5.82 Å². The molecule has 0 saturated carbocycles. The molecule has 0 atom stereocenters. The third-order valence-corrected chi connectivity index (χ3v) is 2.50. The third-order valence-electron chi connectivity index (χ3n) is 2.50. The van der Waals surface area contributed by atoms with Crippen molar-refractivity contribution in [3.8, 4) is 11.5 Å². The molecule has 2 aromatic rings. The first-order valence-electron chi connectivity index (χ1n) is 5.36. The van der Waals surface area contributed by atoms with Crippen LogP contribution in [0.3, 0.4) is 0 Å². The average Bonchev–Trinajstić information content (AvgIpc) is 2.23. The molecule has 88 valence electrons. The summed E-state index contributed by atoms with van der Waals surface area (Å²) < 4.78 is 18.7. The van der Waals surface area contributed by atoms with Crippen LogP contribution in [0.2, 0.25) is 0 Å². The van der Waals surface area contributed by atoms with Crippen molar-refractivity contribution in [3.63, 3.8) is 0 Å². The Bertz CT molecular complexity index is 529. The van der Waals surface area contributed by atoms with Crippen molar-refractivity contribution >= 4 is 5.69 Å². The minimum absolute atomic E-state index is 0.312. The van der Waals surface area contributed by atoms with Gasteiger partial charge in [0.25, 0.3) is 0 Å². The van der Waals surface area contributed by atoms with E-state index in [0.29, 0.717) is 11.4 Å². The Kier molecular flexibility index (Phi) is 3.00. The van der Waals surface area contributed by atoms with Crippen LogP contribution in [-0.2, 0) is 0 Å². The predicted octanol–water partition coefficient (Wildman–Crippen LogP) is 3.82. The minimum atomic E-state index is -0.312. The maximum Gasteiger partial charge on any atom is 0.133 e. The highest BCUT2D eigenvalue weighted by Gasteiger charge is 2.07. The maximum atomic E-state index is 13.0. The summed E-state index contributed by atoms with van der Waals surface area (Å²) in [6.45, 7) is 3.83. The number of nitrogens with two attached hydrogens (primary N) is 1. The second-order valence-corrected chi connectivity index (χ2v) is 4.04. The van der Waals surface area contributed by atoms with Crippen LogP contribution in [0.25, 0.3) is 0 Å². The first kappa shape index (κ1) is 11.5. The second kappa shape index (κ2) is 4.45. The molecule has 0 aromatic heterocycles. The molecule has 0 radical (unpaired) electrons. The van der Waals surface area contributed by atoms with Crippen molar-refractivity contribution in [1.82, 2.24) is 0 Å². The molecule has 17 heavy (non-hydrogen) atoms. The van der Waals surface area contributed by atoms with Gasteiger partial charge in [-0.05, 0) is 49.2 Å². The van der Waals surface area contributed by atoms with Crippen molar-refractivity contribution in [2.24, 2.45) is 0 Å². The van der Waals surface area contributed by atoms with E-state index >= 15 is 0 Å². The van der Waals surface area contributed by atoms with Crippen LogP contribution in [0.5, 0.6) is 11.5 Å². The Morgan fingerprint density at radius 1 is 1.06 bits per heavy atom. The number of halogens is 1. The monoisotopic (exact) mass is 231 g/mol. The number of aryl methyl sites for hydroxylation is 2. The molecule has 2 rings (SSSR count). The van der Waals surface area contributed by atoms with Gasteiger partial charge in [-0.1, -0.05) is 6.07 Å². The van der Waals surface area contributed by atoms with Gasteiger partial charge in [0.15, 0.2) is 0 Å². The zero-order chi connectivity index (χ0) is 12.4. The highest BCUT2D eigenvalue weighted by Crippen LogP contribution is 2.30. The van der Waals surface area contributed by atoms with Crippen molar-refractivity contribution < 1.29 is 9.13 Å². The number of rotatable bonds is 2. The number of nitrogen functional groups attached to an aromatic ring is 1. The first-order chi connectivity index (χ1) is 8.06. The van der Waals surface area contributed by atoms with Crippen LogP contribution in [-0.4, -0.2) is 0 Å². The molecule has 0 heterocycles. The van der Waals surface area contributed by atoms with Crippen LogP contribution >= 0.6 is 0 Å². The lowest BCUT2D eigenvalue weighted by Crippen LogP contribution is -1.94. The zero-order valence-corrected chi connectivity index (χ0v) is 9.83. The lowest BCUT2D eigenvalue weighted by Gasteiger charge is -2.12. The predicted molar refractivity (Wildman–Crippen MR) is 66.8 cm³/mol. The summed E-state index contributed by atoms with van der Waals surface area (Å²) in [5.74, 6) is 0.902. The molecule has 2 aromatic carbocycles. The summed E-state index contributed by atoms with van der Waals surface area (Å²) in [6, 6.07) is 9.75. The van der Waals surface area contributed by atoms with E-state index in [9.17, 15) is 4.39 Å². The molecule has 0 unspecified atom stereocenters. The summed E-state index contributed by atoms with van der Waals surface area (Å²) in [5.41, 5.74) is 8.30. The summed E-state index contributed by atoms with van der Waals surface area (Å²) in [6.07, 6.45) is 0. The van der Waals surface area contributed by atoms with E-state index in [2.05, 4.69) is 0 Å². The molecule has 0 saturated heterocycles. The Morgan fingerprint density at radius 2 is 1.71 bits per heavy atom.